The summed E-state index contributed by atoms with van der Waals surface area (Å²) in [6.45, 7) is 2.86. The SMILES string of the molecule is CC(=O)c1ccc(C(F)(F)F)c(I)c1C. The predicted molar refractivity (Wildman–Crippen MR) is 58.9 cm³/mol. The summed E-state index contributed by atoms with van der Waals surface area (Å²) in [5.41, 5.74) is 0.0379. The summed E-state index contributed by atoms with van der Waals surface area (Å²) in [6, 6.07) is 2.17. The van der Waals surface area contributed by atoms with E-state index in [1.807, 2.05) is 0 Å². The molecule has 0 heterocycles. The first-order valence-electron chi connectivity index (χ1n) is 4.12. The standard InChI is InChI=1S/C10H8F3IO/c1-5-7(6(2)15)3-4-8(9(5)14)10(11,12)13/h3-4H,1-2H3. The van der Waals surface area contributed by atoms with Crippen LogP contribution in [0.2, 0.25) is 0 Å². The quantitative estimate of drug-likeness (QED) is 0.566. The lowest BCUT2D eigenvalue weighted by molar-refractivity contribution is -0.138. The molecule has 82 valence electrons. The highest BCUT2D eigenvalue weighted by atomic mass is 127. The minimum Gasteiger partial charge on any atom is -0.295 e. The number of hydrogen-bond acceptors (Lipinski definition) is 1. The van der Waals surface area contributed by atoms with Gasteiger partial charge in [-0.15, -0.1) is 0 Å². The van der Waals surface area contributed by atoms with Crippen LogP contribution in [0.15, 0.2) is 12.1 Å². The van der Waals surface area contributed by atoms with Crippen molar-refractivity contribution < 1.29 is 18.0 Å². The number of ketones is 1. The van der Waals surface area contributed by atoms with E-state index in [2.05, 4.69) is 0 Å². The fraction of sp³-hybridized carbons (Fsp3) is 0.300. The van der Waals surface area contributed by atoms with Crippen LogP contribution < -0.4 is 0 Å². The lowest BCUT2D eigenvalue weighted by Crippen LogP contribution is -2.10. The van der Waals surface area contributed by atoms with Gasteiger partial charge in [-0.1, -0.05) is 6.07 Å². The topological polar surface area (TPSA) is 17.1 Å². The minimum absolute atomic E-state index is 0.0906. The molecule has 5 heteroatoms. The van der Waals surface area contributed by atoms with Crippen molar-refractivity contribution in [2.24, 2.45) is 0 Å². The van der Waals surface area contributed by atoms with Gasteiger partial charge in [0.05, 0.1) is 5.56 Å². The maximum Gasteiger partial charge on any atom is 0.417 e. The van der Waals surface area contributed by atoms with Crippen LogP contribution in [0.4, 0.5) is 13.2 Å². The van der Waals surface area contributed by atoms with Crippen LogP contribution in [0.3, 0.4) is 0 Å². The van der Waals surface area contributed by atoms with Gasteiger partial charge < -0.3 is 0 Å². The van der Waals surface area contributed by atoms with Crippen LogP contribution in [0, 0.1) is 10.5 Å². The second-order valence-electron chi connectivity index (χ2n) is 3.15. The number of Topliss-reactive ketones (excluding diaryl/α,β-unsaturated/α-hetero) is 1. The molecule has 1 nitrogen and oxygen atoms in total. The molecule has 0 N–H and O–H groups in total. The monoisotopic (exact) mass is 328 g/mol. The Bertz CT molecular complexity index is 410. The summed E-state index contributed by atoms with van der Waals surface area (Å²) >= 11 is 1.62. The number of benzene rings is 1. The average molecular weight is 328 g/mol. The Hall–Kier alpha value is -0.590. The zero-order valence-corrected chi connectivity index (χ0v) is 10.2. The molecule has 0 aliphatic carbocycles. The van der Waals surface area contributed by atoms with Gasteiger partial charge in [0.25, 0.3) is 0 Å². The summed E-state index contributed by atoms with van der Waals surface area (Å²) in [7, 11) is 0. The van der Waals surface area contributed by atoms with Crippen molar-refractivity contribution in [2.75, 3.05) is 0 Å². The van der Waals surface area contributed by atoms with Crippen LogP contribution in [0.25, 0.3) is 0 Å². The molecule has 0 aromatic heterocycles. The van der Waals surface area contributed by atoms with E-state index < -0.39 is 11.7 Å². The third kappa shape index (κ3) is 2.50. The largest absolute Gasteiger partial charge is 0.417 e. The molecule has 0 spiro atoms. The third-order valence-corrected chi connectivity index (χ3v) is 3.46. The molecule has 1 aromatic rings. The fourth-order valence-electron chi connectivity index (χ4n) is 1.29. The number of carbonyl (C=O) groups is 1. The van der Waals surface area contributed by atoms with Gasteiger partial charge in [-0.2, -0.15) is 13.2 Å². The highest BCUT2D eigenvalue weighted by Gasteiger charge is 2.33. The van der Waals surface area contributed by atoms with Crippen molar-refractivity contribution in [3.63, 3.8) is 0 Å². The molecule has 0 unspecified atom stereocenters. The van der Waals surface area contributed by atoms with Gasteiger partial charge in [0.1, 0.15) is 0 Å². The van der Waals surface area contributed by atoms with E-state index in [9.17, 15) is 18.0 Å². The molecular weight excluding hydrogens is 320 g/mol. The van der Waals surface area contributed by atoms with Crippen molar-refractivity contribution in [1.29, 1.82) is 0 Å². The van der Waals surface area contributed by atoms with Crippen LogP contribution >= 0.6 is 22.6 Å². The number of halogens is 4. The molecule has 1 aromatic carbocycles. The van der Waals surface area contributed by atoms with Crippen molar-refractivity contribution >= 4 is 28.4 Å². The predicted octanol–water partition coefficient (Wildman–Crippen LogP) is 3.82. The number of carbonyl (C=O) groups excluding carboxylic acids is 1. The number of alkyl halides is 3. The van der Waals surface area contributed by atoms with Crippen LogP contribution in [-0.4, -0.2) is 5.78 Å². The van der Waals surface area contributed by atoms with Gasteiger partial charge in [-0.05, 0) is 48.1 Å². The van der Waals surface area contributed by atoms with Crippen molar-refractivity contribution in [3.8, 4) is 0 Å². The van der Waals surface area contributed by atoms with Gasteiger partial charge in [-0.25, -0.2) is 0 Å². The van der Waals surface area contributed by atoms with Gasteiger partial charge in [0.2, 0.25) is 0 Å². The Morgan fingerprint density at radius 1 is 1.33 bits per heavy atom. The highest BCUT2D eigenvalue weighted by Crippen LogP contribution is 2.35. The summed E-state index contributed by atoms with van der Waals surface area (Å²) in [5.74, 6) is -0.223. The molecule has 0 radical (unpaired) electrons. The van der Waals surface area contributed by atoms with E-state index in [1.54, 1.807) is 22.6 Å². The minimum atomic E-state index is -4.36. The molecule has 0 aliphatic rings. The van der Waals surface area contributed by atoms with E-state index in [4.69, 9.17) is 0 Å². The highest BCUT2D eigenvalue weighted by molar-refractivity contribution is 14.1. The number of hydrogen-bond donors (Lipinski definition) is 0. The molecular formula is C10H8F3IO. The van der Waals surface area contributed by atoms with Gasteiger partial charge in [0.15, 0.2) is 5.78 Å². The van der Waals surface area contributed by atoms with Crippen LogP contribution in [-0.2, 0) is 6.18 Å². The molecule has 0 aliphatic heterocycles. The molecule has 1 rings (SSSR count). The smallest absolute Gasteiger partial charge is 0.295 e. The van der Waals surface area contributed by atoms with Crippen molar-refractivity contribution in [2.45, 2.75) is 20.0 Å². The second-order valence-corrected chi connectivity index (χ2v) is 4.23. The van der Waals surface area contributed by atoms with E-state index in [-0.39, 0.29) is 9.35 Å². The zero-order valence-electron chi connectivity index (χ0n) is 8.07. The lowest BCUT2D eigenvalue weighted by atomic mass is 10.0. The summed E-state index contributed by atoms with van der Waals surface area (Å²) < 4.78 is 37.5. The Labute approximate surface area is 98.8 Å². The van der Waals surface area contributed by atoms with Crippen molar-refractivity contribution in [1.82, 2.24) is 0 Å². The van der Waals surface area contributed by atoms with E-state index in [0.717, 1.165) is 6.07 Å². The lowest BCUT2D eigenvalue weighted by Gasteiger charge is -2.12. The van der Waals surface area contributed by atoms with Gasteiger partial charge in [0, 0.05) is 9.13 Å². The Balaban J connectivity index is 3.41. The second kappa shape index (κ2) is 4.11. The summed E-state index contributed by atoms with van der Waals surface area (Å²) in [5, 5.41) is 0. The molecule has 15 heavy (non-hydrogen) atoms. The Morgan fingerprint density at radius 3 is 2.27 bits per heavy atom. The van der Waals surface area contributed by atoms with Crippen molar-refractivity contribution in [3.05, 3.63) is 32.4 Å². The molecule has 0 saturated heterocycles. The molecule has 0 bridgehead atoms. The van der Waals surface area contributed by atoms with Gasteiger partial charge >= 0.3 is 6.18 Å². The summed E-state index contributed by atoms with van der Waals surface area (Å²) in [6.07, 6.45) is -4.36. The third-order valence-electron chi connectivity index (χ3n) is 2.07. The average Bonchev–Trinajstić information content (AvgIpc) is 2.06. The molecule has 0 amide bonds. The van der Waals surface area contributed by atoms with E-state index in [1.165, 1.54) is 19.9 Å². The first kappa shape index (κ1) is 12.5. The van der Waals surface area contributed by atoms with Gasteiger partial charge in [-0.3, -0.25) is 4.79 Å². The first-order valence-corrected chi connectivity index (χ1v) is 5.20. The molecule has 0 fully saturated rings. The maximum atomic E-state index is 12.5. The van der Waals surface area contributed by atoms with E-state index >= 15 is 0 Å². The van der Waals surface area contributed by atoms with E-state index in [0.29, 0.717) is 11.1 Å². The maximum absolute atomic E-state index is 12.5. The zero-order chi connectivity index (χ0) is 11.8. The van der Waals surface area contributed by atoms with Crippen LogP contribution in [0.1, 0.15) is 28.4 Å². The Morgan fingerprint density at radius 2 is 1.87 bits per heavy atom. The normalized spacial score (nSPS) is 11.6. The van der Waals surface area contributed by atoms with Crippen LogP contribution in [0.5, 0.6) is 0 Å². The first-order chi connectivity index (χ1) is 6.75. The molecule has 0 saturated carbocycles. The fourth-order valence-corrected chi connectivity index (χ4v) is 2.06. The summed E-state index contributed by atoms with van der Waals surface area (Å²) in [4.78, 5) is 11.1. The molecule has 0 atom stereocenters. The number of rotatable bonds is 1. The Kier molecular flexibility index (Phi) is 3.42.